The monoisotopic (exact) mass is 345 g/mol. The molecule has 0 radical (unpaired) electrons. The molecule has 1 amide bonds. The first-order chi connectivity index (χ1) is 12.0. The number of amides is 1. The number of aromatic nitrogens is 2. The van der Waals surface area contributed by atoms with Gasteiger partial charge in [0.2, 0.25) is 0 Å². The van der Waals surface area contributed by atoms with Gasteiger partial charge in [-0.2, -0.15) is 5.10 Å². The summed E-state index contributed by atoms with van der Waals surface area (Å²) in [7, 11) is 1.49. The quantitative estimate of drug-likeness (QED) is 0.713. The summed E-state index contributed by atoms with van der Waals surface area (Å²) in [4.78, 5) is 35.4. The van der Waals surface area contributed by atoms with Gasteiger partial charge in [0, 0.05) is 19.6 Å². The minimum atomic E-state index is -1.15. The Morgan fingerprint density at radius 3 is 2.60 bits per heavy atom. The molecule has 0 aliphatic carbocycles. The largest absolute Gasteiger partial charge is 0.480 e. The summed E-state index contributed by atoms with van der Waals surface area (Å²) in [6.07, 6.45) is 0.144. The van der Waals surface area contributed by atoms with Gasteiger partial charge in [-0.05, 0) is 11.6 Å². The summed E-state index contributed by atoms with van der Waals surface area (Å²) in [5.41, 5.74) is 0.385. The topological polar surface area (TPSA) is 111 Å². The summed E-state index contributed by atoms with van der Waals surface area (Å²) < 4.78 is 5.99. The molecular weight excluding hydrogens is 326 g/mol. The second-order valence-corrected chi connectivity index (χ2v) is 5.33. The number of hydrogen-bond donors (Lipinski definition) is 2. The second kappa shape index (κ2) is 8.74. The number of ether oxygens (including phenoxy) is 1. The number of carboxylic acids is 1. The van der Waals surface area contributed by atoms with Crippen molar-refractivity contribution in [2.24, 2.45) is 0 Å². The van der Waals surface area contributed by atoms with Crippen LogP contribution in [0.2, 0.25) is 0 Å². The molecular formula is C17H19N3O5. The van der Waals surface area contributed by atoms with E-state index in [0.29, 0.717) is 0 Å². The molecule has 0 saturated carbocycles. The van der Waals surface area contributed by atoms with Crippen LogP contribution in [0.1, 0.15) is 16.1 Å². The van der Waals surface area contributed by atoms with E-state index in [1.165, 1.54) is 19.2 Å². The molecule has 0 aliphatic heterocycles. The van der Waals surface area contributed by atoms with Crippen molar-refractivity contribution in [1.82, 2.24) is 15.1 Å². The fourth-order valence-corrected chi connectivity index (χ4v) is 2.19. The highest BCUT2D eigenvalue weighted by molar-refractivity contribution is 5.94. The lowest BCUT2D eigenvalue weighted by atomic mass is 10.1. The Kier molecular flexibility index (Phi) is 6.41. The first-order valence-electron chi connectivity index (χ1n) is 7.66. The maximum Gasteiger partial charge on any atom is 0.326 e. The van der Waals surface area contributed by atoms with Gasteiger partial charge >= 0.3 is 5.97 Å². The van der Waals surface area contributed by atoms with Gasteiger partial charge in [0.05, 0.1) is 13.2 Å². The molecule has 1 heterocycles. The van der Waals surface area contributed by atoms with Crippen LogP contribution in [0.5, 0.6) is 0 Å². The van der Waals surface area contributed by atoms with Crippen LogP contribution in [0.15, 0.2) is 47.3 Å². The van der Waals surface area contributed by atoms with Crippen molar-refractivity contribution >= 4 is 11.9 Å². The van der Waals surface area contributed by atoms with Crippen molar-refractivity contribution in [3.05, 3.63) is 64.1 Å². The second-order valence-electron chi connectivity index (χ2n) is 5.33. The Balaban J connectivity index is 2.13. The molecule has 1 aromatic heterocycles. The van der Waals surface area contributed by atoms with Crippen molar-refractivity contribution in [1.29, 1.82) is 0 Å². The van der Waals surface area contributed by atoms with E-state index in [4.69, 9.17) is 4.74 Å². The lowest BCUT2D eigenvalue weighted by Gasteiger charge is -2.14. The van der Waals surface area contributed by atoms with Crippen molar-refractivity contribution in [2.45, 2.75) is 19.0 Å². The average molecular weight is 345 g/mol. The number of aliphatic carboxylic acids is 1. The van der Waals surface area contributed by atoms with Crippen LogP contribution in [-0.4, -0.2) is 46.5 Å². The lowest BCUT2D eigenvalue weighted by Crippen LogP contribution is -2.43. The minimum absolute atomic E-state index is 0.0324. The maximum absolute atomic E-state index is 12.3. The molecule has 8 heteroatoms. The van der Waals surface area contributed by atoms with Gasteiger partial charge in [-0.15, -0.1) is 0 Å². The fraction of sp³-hybridized carbons (Fsp3) is 0.294. The van der Waals surface area contributed by atoms with Crippen molar-refractivity contribution in [3.63, 3.8) is 0 Å². The number of rotatable bonds is 8. The molecule has 0 spiro atoms. The normalized spacial score (nSPS) is 11.7. The zero-order valence-corrected chi connectivity index (χ0v) is 13.7. The third-order valence-corrected chi connectivity index (χ3v) is 3.49. The zero-order chi connectivity index (χ0) is 18.2. The third kappa shape index (κ3) is 5.25. The van der Waals surface area contributed by atoms with Crippen LogP contribution in [0.25, 0.3) is 0 Å². The van der Waals surface area contributed by atoms with Gasteiger partial charge in [-0.3, -0.25) is 9.59 Å². The molecule has 0 aliphatic rings. The molecule has 2 aromatic rings. The number of methoxy groups -OCH3 is 1. The van der Waals surface area contributed by atoms with E-state index in [1.54, 1.807) is 24.3 Å². The Morgan fingerprint density at radius 1 is 1.24 bits per heavy atom. The average Bonchev–Trinajstić information content (AvgIpc) is 2.61. The van der Waals surface area contributed by atoms with E-state index >= 15 is 0 Å². The zero-order valence-electron chi connectivity index (χ0n) is 13.7. The van der Waals surface area contributed by atoms with Gasteiger partial charge in [0.15, 0.2) is 0 Å². The van der Waals surface area contributed by atoms with Crippen molar-refractivity contribution in [2.75, 3.05) is 13.7 Å². The highest BCUT2D eigenvalue weighted by Gasteiger charge is 2.22. The van der Waals surface area contributed by atoms with E-state index in [0.717, 1.165) is 10.2 Å². The smallest absolute Gasteiger partial charge is 0.326 e. The minimum Gasteiger partial charge on any atom is -0.480 e. The first kappa shape index (κ1) is 18.3. The Labute approximate surface area is 144 Å². The summed E-state index contributed by atoms with van der Waals surface area (Å²) in [6, 6.07) is 10.4. The van der Waals surface area contributed by atoms with Crippen LogP contribution in [0.4, 0.5) is 0 Å². The Bertz CT molecular complexity index is 788. The molecule has 0 unspecified atom stereocenters. The summed E-state index contributed by atoms with van der Waals surface area (Å²) in [6.45, 7) is 0.465. The Hall–Kier alpha value is -3.00. The van der Waals surface area contributed by atoms with Crippen LogP contribution >= 0.6 is 0 Å². The van der Waals surface area contributed by atoms with Gasteiger partial charge in [0.25, 0.3) is 11.5 Å². The summed E-state index contributed by atoms with van der Waals surface area (Å²) in [5, 5.41) is 15.7. The molecule has 1 aromatic carbocycles. The fourth-order valence-electron chi connectivity index (χ4n) is 2.19. The molecule has 132 valence electrons. The molecule has 0 saturated heterocycles. The summed E-state index contributed by atoms with van der Waals surface area (Å²) in [5.74, 6) is -1.81. The maximum atomic E-state index is 12.3. The van der Waals surface area contributed by atoms with Gasteiger partial charge in [-0.1, -0.05) is 30.3 Å². The van der Waals surface area contributed by atoms with Gasteiger partial charge < -0.3 is 15.2 Å². The van der Waals surface area contributed by atoms with Crippen LogP contribution < -0.4 is 10.9 Å². The SMILES string of the molecule is COCCn1nc(C(=O)N[C@H](Cc2ccccc2)C(=O)O)ccc1=O. The predicted octanol–water partition coefficient (Wildman–Crippen LogP) is 0.315. The van der Waals surface area contributed by atoms with E-state index in [-0.39, 0.29) is 30.8 Å². The van der Waals surface area contributed by atoms with E-state index in [1.807, 2.05) is 6.07 Å². The van der Waals surface area contributed by atoms with Crippen LogP contribution in [0.3, 0.4) is 0 Å². The number of nitrogens with zero attached hydrogens (tertiary/aromatic N) is 2. The van der Waals surface area contributed by atoms with Gasteiger partial charge in [-0.25, -0.2) is 9.48 Å². The highest BCUT2D eigenvalue weighted by atomic mass is 16.5. The number of hydrogen-bond acceptors (Lipinski definition) is 5. The van der Waals surface area contributed by atoms with Gasteiger partial charge in [0.1, 0.15) is 11.7 Å². The molecule has 1 atom stereocenters. The van der Waals surface area contributed by atoms with Crippen molar-refractivity contribution in [3.8, 4) is 0 Å². The van der Waals surface area contributed by atoms with E-state index in [2.05, 4.69) is 10.4 Å². The van der Waals surface area contributed by atoms with Crippen LogP contribution in [0, 0.1) is 0 Å². The van der Waals surface area contributed by atoms with E-state index < -0.39 is 17.9 Å². The molecule has 2 N–H and O–H groups in total. The number of benzene rings is 1. The molecule has 8 nitrogen and oxygen atoms in total. The van der Waals surface area contributed by atoms with E-state index in [9.17, 15) is 19.5 Å². The molecule has 0 bridgehead atoms. The van der Waals surface area contributed by atoms with Crippen LogP contribution in [-0.2, 0) is 22.5 Å². The predicted molar refractivity (Wildman–Crippen MR) is 89.4 cm³/mol. The number of carbonyl (C=O) groups excluding carboxylic acids is 1. The number of carbonyl (C=O) groups is 2. The number of carboxylic acid groups (broad SMARTS) is 1. The number of nitrogens with one attached hydrogen (secondary N) is 1. The molecule has 2 rings (SSSR count). The molecule has 25 heavy (non-hydrogen) atoms. The highest BCUT2D eigenvalue weighted by Crippen LogP contribution is 2.04. The van der Waals surface area contributed by atoms with Crippen molar-refractivity contribution < 1.29 is 19.4 Å². The third-order valence-electron chi connectivity index (χ3n) is 3.49. The summed E-state index contributed by atoms with van der Waals surface area (Å²) >= 11 is 0. The lowest BCUT2D eigenvalue weighted by molar-refractivity contribution is -0.139. The standard InChI is InChI=1S/C17H19N3O5/c1-25-10-9-20-15(21)8-7-13(19-20)16(22)18-14(17(23)24)11-12-5-3-2-4-6-12/h2-8,14H,9-11H2,1H3,(H,18,22)(H,23,24)/t14-/m1/s1. The molecule has 0 fully saturated rings. The first-order valence-corrected chi connectivity index (χ1v) is 7.66. The Morgan fingerprint density at radius 2 is 1.96 bits per heavy atom.